The lowest BCUT2D eigenvalue weighted by Crippen LogP contribution is -2.42. The molecule has 1 unspecified atom stereocenters. The molecule has 5 N–H and O–H groups in total. The normalized spacial score (nSPS) is 15.0. The molecule has 3 aromatic rings. The van der Waals surface area contributed by atoms with E-state index in [9.17, 15) is 19.5 Å². The average molecular weight is 487 g/mol. The van der Waals surface area contributed by atoms with Crippen molar-refractivity contribution >= 4 is 23.5 Å². The number of hydrogen-bond donors (Lipinski definition) is 4. The number of aliphatic carboxylic acids is 1. The molecule has 0 radical (unpaired) electrons. The summed E-state index contributed by atoms with van der Waals surface area (Å²) in [5.74, 6) is -1.55. The summed E-state index contributed by atoms with van der Waals surface area (Å²) in [7, 11) is 0. The Kier molecular flexibility index (Phi) is 7.97. The van der Waals surface area contributed by atoms with Crippen LogP contribution in [0.25, 0.3) is 0 Å². The molecule has 0 bridgehead atoms. The number of carboxylic acid groups (broad SMARTS) is 1. The quantitative estimate of drug-likeness (QED) is 0.369. The van der Waals surface area contributed by atoms with Crippen molar-refractivity contribution in [3.8, 4) is 0 Å². The fraction of sp³-hybridized carbons (Fsp3) is 0.250. The zero-order valence-corrected chi connectivity index (χ0v) is 19.9. The van der Waals surface area contributed by atoms with Crippen molar-refractivity contribution in [1.82, 2.24) is 10.2 Å². The van der Waals surface area contributed by atoms with Crippen molar-refractivity contribution in [1.29, 1.82) is 0 Å². The highest BCUT2D eigenvalue weighted by Gasteiger charge is 2.31. The first-order valence-corrected chi connectivity index (χ1v) is 11.9. The van der Waals surface area contributed by atoms with Gasteiger partial charge in [-0.05, 0) is 46.9 Å². The first-order valence-electron chi connectivity index (χ1n) is 11.9. The van der Waals surface area contributed by atoms with Crippen LogP contribution in [0.1, 0.15) is 39.0 Å². The van der Waals surface area contributed by atoms with E-state index in [1.165, 1.54) is 0 Å². The number of carboxylic acids is 1. The van der Waals surface area contributed by atoms with Crippen LogP contribution in [0.5, 0.6) is 0 Å². The van der Waals surface area contributed by atoms with Crippen LogP contribution < -0.4 is 16.4 Å². The molecule has 1 aliphatic rings. The summed E-state index contributed by atoms with van der Waals surface area (Å²) in [4.78, 5) is 39.2. The second kappa shape index (κ2) is 11.5. The molecule has 0 saturated heterocycles. The van der Waals surface area contributed by atoms with E-state index in [0.717, 1.165) is 22.3 Å². The molecule has 1 aliphatic heterocycles. The van der Waals surface area contributed by atoms with E-state index in [2.05, 4.69) is 10.6 Å². The molecule has 0 saturated carbocycles. The molecular formula is C28H30N4O4. The van der Waals surface area contributed by atoms with Gasteiger partial charge in [-0.25, -0.2) is 0 Å². The number of nitrogens with two attached hydrogens (primary N) is 1. The molecule has 0 aromatic heterocycles. The molecule has 4 rings (SSSR count). The second-order valence-corrected chi connectivity index (χ2v) is 8.87. The highest BCUT2D eigenvalue weighted by molar-refractivity contribution is 5.95. The maximum Gasteiger partial charge on any atom is 0.305 e. The Balaban J connectivity index is 1.52. The third-order valence-electron chi connectivity index (χ3n) is 6.24. The number of nitrogens with one attached hydrogen (secondary N) is 2. The summed E-state index contributed by atoms with van der Waals surface area (Å²) in [5.41, 5.74) is 10.6. The molecule has 186 valence electrons. The molecule has 2 amide bonds. The number of fused-ring (bicyclic) bond motifs is 1. The highest BCUT2D eigenvalue weighted by Crippen LogP contribution is 2.26. The van der Waals surface area contributed by atoms with Gasteiger partial charge in [0.25, 0.3) is 5.91 Å². The number of carbonyl (C=O) groups excluding carboxylic acids is 2. The van der Waals surface area contributed by atoms with Gasteiger partial charge in [0.1, 0.15) is 6.04 Å². The molecular weight excluding hydrogens is 456 g/mol. The Morgan fingerprint density at radius 2 is 1.75 bits per heavy atom. The van der Waals surface area contributed by atoms with Crippen LogP contribution in [0.3, 0.4) is 0 Å². The summed E-state index contributed by atoms with van der Waals surface area (Å²) < 4.78 is 0. The van der Waals surface area contributed by atoms with Gasteiger partial charge < -0.3 is 26.4 Å². The Bertz CT molecular complexity index is 1250. The van der Waals surface area contributed by atoms with Crippen LogP contribution in [0.4, 0.5) is 5.69 Å². The van der Waals surface area contributed by atoms with Gasteiger partial charge in [0.05, 0.1) is 6.42 Å². The molecule has 8 heteroatoms. The molecule has 1 atom stereocenters. The van der Waals surface area contributed by atoms with E-state index in [-0.39, 0.29) is 24.8 Å². The van der Waals surface area contributed by atoms with Crippen LogP contribution >= 0.6 is 0 Å². The minimum Gasteiger partial charge on any atom is -0.481 e. The number of rotatable bonds is 9. The molecule has 36 heavy (non-hydrogen) atoms. The Hall–Kier alpha value is -4.17. The van der Waals surface area contributed by atoms with Crippen molar-refractivity contribution in [2.75, 3.05) is 11.9 Å². The number of hydrogen-bond acceptors (Lipinski definition) is 5. The minimum atomic E-state index is -1.05. The fourth-order valence-corrected chi connectivity index (χ4v) is 4.32. The van der Waals surface area contributed by atoms with Gasteiger partial charge in [0.2, 0.25) is 5.91 Å². The number of nitrogens with zero attached hydrogens (tertiary/aromatic N) is 1. The zero-order chi connectivity index (χ0) is 25.5. The maximum absolute atomic E-state index is 13.2. The predicted octanol–water partition coefficient (Wildman–Crippen LogP) is 2.92. The lowest BCUT2D eigenvalue weighted by atomic mass is 10.1. The van der Waals surface area contributed by atoms with Crippen LogP contribution in [0.15, 0.2) is 72.8 Å². The minimum absolute atomic E-state index is 0.232. The van der Waals surface area contributed by atoms with Gasteiger partial charge in [-0.2, -0.15) is 0 Å². The van der Waals surface area contributed by atoms with Gasteiger partial charge in [-0.15, -0.1) is 0 Å². The summed E-state index contributed by atoms with van der Waals surface area (Å²) in [6.07, 6.45) is 0.313. The highest BCUT2D eigenvalue weighted by atomic mass is 16.4. The lowest BCUT2D eigenvalue weighted by Gasteiger charge is -2.24. The topological polar surface area (TPSA) is 125 Å². The van der Waals surface area contributed by atoms with E-state index in [1.54, 1.807) is 23.1 Å². The molecule has 3 aromatic carbocycles. The van der Waals surface area contributed by atoms with Gasteiger partial charge in [-0.3, -0.25) is 14.4 Å². The Morgan fingerprint density at radius 1 is 1.00 bits per heavy atom. The maximum atomic E-state index is 13.2. The third kappa shape index (κ3) is 6.28. The van der Waals surface area contributed by atoms with E-state index in [4.69, 9.17) is 5.73 Å². The standard InChI is InChI=1S/C28H30N4O4/c29-16-20-7-4-8-21(13-20)17-30-27(35)22-9-10-24-23(14-22)18-32(12-11-19-5-2-1-3-6-19)28(36)25(31-24)15-26(33)34/h1-10,13-14,25,31H,11-12,15-18,29H2,(H,30,35)(H,33,34). The SMILES string of the molecule is NCc1cccc(CNC(=O)c2ccc3c(c2)CN(CCc2ccccc2)C(=O)C(CC(=O)O)N3)c1. The first-order chi connectivity index (χ1) is 17.4. The zero-order valence-electron chi connectivity index (χ0n) is 19.9. The van der Waals surface area contributed by atoms with Crippen molar-refractivity contribution in [2.24, 2.45) is 5.73 Å². The van der Waals surface area contributed by atoms with Gasteiger partial charge in [-0.1, -0.05) is 54.6 Å². The summed E-state index contributed by atoms with van der Waals surface area (Å²) in [6, 6.07) is 21.9. The van der Waals surface area contributed by atoms with Crippen molar-refractivity contribution in [2.45, 2.75) is 38.5 Å². The van der Waals surface area contributed by atoms with Gasteiger partial charge in [0, 0.05) is 37.4 Å². The van der Waals surface area contributed by atoms with Crippen molar-refractivity contribution in [3.63, 3.8) is 0 Å². The van der Waals surface area contributed by atoms with Crippen LogP contribution in [-0.4, -0.2) is 40.4 Å². The Labute approximate surface area is 210 Å². The molecule has 8 nitrogen and oxygen atoms in total. The van der Waals surface area contributed by atoms with Gasteiger partial charge in [0.15, 0.2) is 0 Å². The smallest absolute Gasteiger partial charge is 0.305 e. The lowest BCUT2D eigenvalue weighted by molar-refractivity contribution is -0.141. The van der Waals surface area contributed by atoms with E-state index in [0.29, 0.717) is 37.3 Å². The van der Waals surface area contributed by atoms with Crippen LogP contribution in [-0.2, 0) is 35.6 Å². The van der Waals surface area contributed by atoms with Crippen molar-refractivity contribution in [3.05, 3.63) is 101 Å². The van der Waals surface area contributed by atoms with E-state index >= 15 is 0 Å². The number of anilines is 1. The largest absolute Gasteiger partial charge is 0.481 e. The summed E-state index contributed by atoms with van der Waals surface area (Å²) in [6.45, 7) is 1.52. The predicted molar refractivity (Wildman–Crippen MR) is 137 cm³/mol. The average Bonchev–Trinajstić information content (AvgIpc) is 3.02. The van der Waals surface area contributed by atoms with Crippen LogP contribution in [0, 0.1) is 0 Å². The number of benzene rings is 3. The summed E-state index contributed by atoms with van der Waals surface area (Å²) in [5, 5.41) is 15.4. The monoisotopic (exact) mass is 486 g/mol. The van der Waals surface area contributed by atoms with Crippen molar-refractivity contribution < 1.29 is 19.5 Å². The molecule has 0 spiro atoms. The van der Waals surface area contributed by atoms with Crippen LogP contribution in [0.2, 0.25) is 0 Å². The Morgan fingerprint density at radius 3 is 2.50 bits per heavy atom. The molecule has 0 fully saturated rings. The third-order valence-corrected chi connectivity index (χ3v) is 6.24. The van der Waals surface area contributed by atoms with E-state index < -0.39 is 12.0 Å². The molecule has 1 heterocycles. The van der Waals surface area contributed by atoms with Gasteiger partial charge >= 0.3 is 5.97 Å². The van der Waals surface area contributed by atoms with E-state index in [1.807, 2.05) is 54.6 Å². The number of carbonyl (C=O) groups is 3. The first kappa shape index (κ1) is 24.9. The molecule has 0 aliphatic carbocycles. The second-order valence-electron chi connectivity index (χ2n) is 8.87. The number of amides is 2. The fourth-order valence-electron chi connectivity index (χ4n) is 4.32. The summed E-state index contributed by atoms with van der Waals surface area (Å²) >= 11 is 0.